The minimum Gasteiger partial charge on any atom is -0.508 e. The Balaban J connectivity index is 2.87. The summed E-state index contributed by atoms with van der Waals surface area (Å²) in [6.07, 6.45) is 0.381. The zero-order valence-electron chi connectivity index (χ0n) is 9.16. The molecule has 1 aromatic carbocycles. The molecule has 0 aliphatic carbocycles. The third-order valence-electron chi connectivity index (χ3n) is 2.69. The monoisotopic (exact) mass is 254 g/mol. The van der Waals surface area contributed by atoms with Crippen LogP contribution in [0.2, 0.25) is 0 Å². The fraction of sp³-hybridized carbons (Fsp3) is 0.250. The van der Waals surface area contributed by atoms with Crippen molar-refractivity contribution in [1.29, 1.82) is 0 Å². The molecule has 0 atom stereocenters. The summed E-state index contributed by atoms with van der Waals surface area (Å²) in [5.41, 5.74) is 0.770. The zero-order valence-corrected chi connectivity index (χ0v) is 9.91. The van der Waals surface area contributed by atoms with Crippen LogP contribution in [0.15, 0.2) is 21.3 Å². The predicted molar refractivity (Wildman–Crippen MR) is 65.0 cm³/mol. The summed E-state index contributed by atoms with van der Waals surface area (Å²) in [6.45, 7) is 1.72. The van der Waals surface area contributed by atoms with Crippen LogP contribution in [0.4, 0.5) is 0 Å². The second-order valence-corrected chi connectivity index (χ2v) is 4.15. The van der Waals surface area contributed by atoms with Crippen LogP contribution < -0.4 is 5.63 Å². The minimum absolute atomic E-state index is 0.114. The van der Waals surface area contributed by atoms with Crippen molar-refractivity contribution in [1.82, 2.24) is 0 Å². The maximum absolute atomic E-state index is 11.7. The molecule has 2 aromatic rings. The van der Waals surface area contributed by atoms with E-state index in [1.54, 1.807) is 6.92 Å². The minimum atomic E-state index is -0.486. The van der Waals surface area contributed by atoms with Crippen molar-refractivity contribution in [2.24, 2.45) is 0 Å². The van der Waals surface area contributed by atoms with Gasteiger partial charge >= 0.3 is 5.63 Å². The molecule has 2 rings (SSSR count). The summed E-state index contributed by atoms with van der Waals surface area (Å²) in [4.78, 5) is 11.7. The number of alkyl halides is 1. The van der Waals surface area contributed by atoms with E-state index in [4.69, 9.17) is 16.0 Å². The first-order valence-corrected chi connectivity index (χ1v) is 5.62. The molecular weight excluding hydrogens is 244 g/mol. The van der Waals surface area contributed by atoms with Crippen molar-refractivity contribution < 1.29 is 14.6 Å². The van der Waals surface area contributed by atoms with Gasteiger partial charge in [0.25, 0.3) is 0 Å². The van der Waals surface area contributed by atoms with Gasteiger partial charge in [0.1, 0.15) is 17.1 Å². The molecule has 0 unspecified atom stereocenters. The average molecular weight is 255 g/mol. The standard InChI is InChI=1S/C12H11ClO4/c1-6-8(2-3-13)12(16)17-10-5-7(14)4-9(15)11(6)10/h4-5,14-15H,2-3H2,1H3. The lowest BCUT2D eigenvalue weighted by Gasteiger charge is -2.08. The lowest BCUT2D eigenvalue weighted by Crippen LogP contribution is -2.10. The smallest absolute Gasteiger partial charge is 0.339 e. The van der Waals surface area contributed by atoms with Crippen LogP contribution in [0.5, 0.6) is 11.5 Å². The Morgan fingerprint density at radius 3 is 2.71 bits per heavy atom. The van der Waals surface area contributed by atoms with E-state index in [-0.39, 0.29) is 17.1 Å². The van der Waals surface area contributed by atoms with Gasteiger partial charge in [-0.05, 0) is 18.9 Å². The summed E-state index contributed by atoms with van der Waals surface area (Å²) >= 11 is 5.61. The number of fused-ring (bicyclic) bond motifs is 1. The Morgan fingerprint density at radius 1 is 1.35 bits per heavy atom. The van der Waals surface area contributed by atoms with Gasteiger partial charge in [-0.15, -0.1) is 11.6 Å². The van der Waals surface area contributed by atoms with Gasteiger partial charge in [-0.1, -0.05) is 0 Å². The largest absolute Gasteiger partial charge is 0.508 e. The maximum atomic E-state index is 11.7. The lowest BCUT2D eigenvalue weighted by molar-refractivity contribution is 0.450. The van der Waals surface area contributed by atoms with E-state index >= 15 is 0 Å². The van der Waals surface area contributed by atoms with Crippen molar-refractivity contribution in [3.05, 3.63) is 33.7 Å². The third-order valence-corrected chi connectivity index (χ3v) is 2.88. The first-order chi connectivity index (χ1) is 8.04. The van der Waals surface area contributed by atoms with Gasteiger partial charge in [0.05, 0.1) is 5.39 Å². The molecule has 0 fully saturated rings. The molecule has 1 aromatic heterocycles. The highest BCUT2D eigenvalue weighted by atomic mass is 35.5. The summed E-state index contributed by atoms with van der Waals surface area (Å²) < 4.78 is 5.05. The quantitative estimate of drug-likeness (QED) is 0.637. The first kappa shape index (κ1) is 11.8. The van der Waals surface area contributed by atoms with Crippen molar-refractivity contribution in [2.45, 2.75) is 13.3 Å². The summed E-state index contributed by atoms with van der Waals surface area (Å²) in [5.74, 6) is 0.0374. The van der Waals surface area contributed by atoms with Crippen molar-refractivity contribution >= 4 is 22.6 Å². The number of aromatic hydroxyl groups is 2. The second kappa shape index (κ2) is 4.30. The molecule has 0 saturated heterocycles. The van der Waals surface area contributed by atoms with Gasteiger partial charge in [0.15, 0.2) is 0 Å². The van der Waals surface area contributed by atoms with Gasteiger partial charge in [0.2, 0.25) is 0 Å². The number of hydrogen-bond acceptors (Lipinski definition) is 4. The molecule has 1 heterocycles. The highest BCUT2D eigenvalue weighted by molar-refractivity contribution is 6.18. The molecule has 4 nitrogen and oxygen atoms in total. The Kier molecular flexibility index (Phi) is 2.98. The number of aryl methyl sites for hydroxylation is 1. The van der Waals surface area contributed by atoms with E-state index in [9.17, 15) is 15.0 Å². The Labute approximate surface area is 102 Å². The summed E-state index contributed by atoms with van der Waals surface area (Å²) in [6, 6.07) is 2.51. The highest BCUT2D eigenvalue weighted by Gasteiger charge is 2.14. The molecule has 0 radical (unpaired) electrons. The van der Waals surface area contributed by atoms with Crippen molar-refractivity contribution in [3.8, 4) is 11.5 Å². The third kappa shape index (κ3) is 1.96. The molecule has 2 N–H and O–H groups in total. The molecule has 0 aliphatic rings. The van der Waals surface area contributed by atoms with Crippen LogP contribution >= 0.6 is 11.6 Å². The number of hydrogen-bond donors (Lipinski definition) is 2. The van der Waals surface area contributed by atoms with E-state index in [0.717, 1.165) is 0 Å². The second-order valence-electron chi connectivity index (χ2n) is 3.77. The fourth-order valence-corrected chi connectivity index (χ4v) is 2.08. The predicted octanol–water partition coefficient (Wildman–Crippen LogP) is 2.29. The number of rotatable bonds is 2. The van der Waals surface area contributed by atoms with Gasteiger partial charge in [0, 0.05) is 23.6 Å². The average Bonchev–Trinajstić information content (AvgIpc) is 2.22. The Morgan fingerprint density at radius 2 is 2.06 bits per heavy atom. The first-order valence-electron chi connectivity index (χ1n) is 5.09. The number of phenols is 2. The molecule has 0 bridgehead atoms. The molecular formula is C12H11ClO4. The maximum Gasteiger partial charge on any atom is 0.339 e. The van der Waals surface area contributed by atoms with Crippen LogP contribution in [0.1, 0.15) is 11.1 Å². The molecule has 5 heteroatoms. The molecule has 17 heavy (non-hydrogen) atoms. The molecule has 0 saturated carbocycles. The lowest BCUT2D eigenvalue weighted by atomic mass is 10.0. The Bertz CT molecular complexity index is 630. The summed E-state index contributed by atoms with van der Waals surface area (Å²) in [5, 5.41) is 19.5. The van der Waals surface area contributed by atoms with Crippen LogP contribution in [-0.4, -0.2) is 16.1 Å². The van der Waals surface area contributed by atoms with E-state index in [2.05, 4.69) is 0 Å². The highest BCUT2D eigenvalue weighted by Crippen LogP contribution is 2.32. The van der Waals surface area contributed by atoms with Crippen molar-refractivity contribution in [3.63, 3.8) is 0 Å². The van der Waals surface area contributed by atoms with E-state index in [0.29, 0.717) is 28.8 Å². The van der Waals surface area contributed by atoms with Gasteiger partial charge in [-0.25, -0.2) is 4.79 Å². The summed E-state index contributed by atoms with van der Waals surface area (Å²) in [7, 11) is 0. The number of halogens is 1. The topological polar surface area (TPSA) is 70.7 Å². The number of phenolic OH excluding ortho intramolecular Hbond substituents is 2. The SMILES string of the molecule is Cc1c(CCCl)c(=O)oc2cc(O)cc(O)c12. The molecule has 90 valence electrons. The zero-order chi connectivity index (χ0) is 12.6. The van der Waals surface area contributed by atoms with Crippen LogP contribution in [0.3, 0.4) is 0 Å². The van der Waals surface area contributed by atoms with Crippen LogP contribution in [-0.2, 0) is 6.42 Å². The van der Waals surface area contributed by atoms with Crippen LogP contribution in [0.25, 0.3) is 11.0 Å². The van der Waals surface area contributed by atoms with E-state index in [1.165, 1.54) is 12.1 Å². The fourth-order valence-electron chi connectivity index (χ4n) is 1.89. The van der Waals surface area contributed by atoms with Crippen molar-refractivity contribution in [2.75, 3.05) is 5.88 Å². The molecule has 0 spiro atoms. The molecule has 0 amide bonds. The van der Waals surface area contributed by atoms with Gasteiger partial charge in [-0.2, -0.15) is 0 Å². The van der Waals surface area contributed by atoms with Gasteiger partial charge in [-0.3, -0.25) is 0 Å². The Hall–Kier alpha value is -1.68. The normalized spacial score (nSPS) is 10.9. The van der Waals surface area contributed by atoms with Crippen LogP contribution in [0, 0.1) is 6.92 Å². The molecule has 0 aliphatic heterocycles. The van der Waals surface area contributed by atoms with E-state index in [1.807, 2.05) is 0 Å². The van der Waals surface area contributed by atoms with E-state index < -0.39 is 5.63 Å². The van der Waals surface area contributed by atoms with Gasteiger partial charge < -0.3 is 14.6 Å². The number of benzene rings is 1.